The number of allylic oxidation sites excluding steroid dienone is 3. The minimum Gasteiger partial charge on any atom is -0.463 e. The molecule has 3 rings (SSSR count). The first-order valence-corrected chi connectivity index (χ1v) is 14.1. The van der Waals surface area contributed by atoms with Crippen molar-refractivity contribution >= 4 is 17.8 Å². The highest BCUT2D eigenvalue weighted by molar-refractivity contribution is 5.98. The molecule has 2 unspecified atom stereocenters. The van der Waals surface area contributed by atoms with Crippen LogP contribution in [0.4, 0.5) is 0 Å². The van der Waals surface area contributed by atoms with Gasteiger partial charge < -0.3 is 15.0 Å². The Labute approximate surface area is 239 Å². The van der Waals surface area contributed by atoms with Crippen LogP contribution < -0.4 is 5.32 Å². The van der Waals surface area contributed by atoms with Gasteiger partial charge >= 0.3 is 5.97 Å². The number of nitrogens with one attached hydrogen (secondary N) is 1. The Balaban J connectivity index is 1.73. The lowest BCUT2D eigenvalue weighted by atomic mass is 9.82. The normalized spacial score (nSPS) is 16.6. The summed E-state index contributed by atoms with van der Waals surface area (Å²) < 4.78 is 5.70. The highest BCUT2D eigenvalue weighted by atomic mass is 16.5. The van der Waals surface area contributed by atoms with E-state index in [-0.39, 0.29) is 49.3 Å². The topological polar surface area (TPSA) is 75.7 Å². The van der Waals surface area contributed by atoms with Crippen LogP contribution in [0.5, 0.6) is 0 Å². The lowest BCUT2D eigenvalue weighted by Crippen LogP contribution is -2.41. The molecule has 1 aliphatic rings. The Bertz CT molecular complexity index is 1320. The van der Waals surface area contributed by atoms with Crippen LogP contribution in [0.15, 0.2) is 47.6 Å². The fourth-order valence-electron chi connectivity index (χ4n) is 6.09. The molecule has 0 saturated heterocycles. The Hall–Kier alpha value is -3.67. The number of esters is 1. The number of nitrogens with zero attached hydrogens (tertiary/aromatic N) is 1. The van der Waals surface area contributed by atoms with Crippen molar-refractivity contribution in [2.24, 2.45) is 11.8 Å². The predicted molar refractivity (Wildman–Crippen MR) is 161 cm³/mol. The molecule has 0 aliphatic heterocycles. The zero-order chi connectivity index (χ0) is 29.7. The number of amides is 2. The van der Waals surface area contributed by atoms with Gasteiger partial charge in [-0.1, -0.05) is 65.6 Å². The molecule has 40 heavy (non-hydrogen) atoms. The van der Waals surface area contributed by atoms with E-state index < -0.39 is 0 Å². The van der Waals surface area contributed by atoms with Gasteiger partial charge in [0.15, 0.2) is 0 Å². The molecule has 0 aromatic heterocycles. The van der Waals surface area contributed by atoms with Gasteiger partial charge in [-0.25, -0.2) is 0 Å². The fraction of sp³-hybridized carbons (Fsp3) is 0.441. The molecule has 1 aliphatic carbocycles. The van der Waals surface area contributed by atoms with Gasteiger partial charge in [-0.05, 0) is 83.6 Å². The van der Waals surface area contributed by atoms with Crippen LogP contribution >= 0.6 is 0 Å². The number of ether oxygens (including phenoxy) is 1. The largest absolute Gasteiger partial charge is 0.463 e. The number of hydrogen-bond acceptors (Lipinski definition) is 4. The molecule has 1 N–H and O–H groups in total. The second-order valence-electron chi connectivity index (χ2n) is 11.4. The number of carbonyl (C=O) groups is 3. The zero-order valence-electron chi connectivity index (χ0n) is 25.5. The molecule has 0 radical (unpaired) electrons. The average Bonchev–Trinajstić information content (AvgIpc) is 2.81. The van der Waals surface area contributed by atoms with E-state index in [9.17, 15) is 14.4 Å². The molecule has 0 heterocycles. The van der Waals surface area contributed by atoms with Crippen LogP contribution in [0, 0.1) is 53.4 Å². The molecule has 0 spiro atoms. The first-order chi connectivity index (χ1) is 18.8. The van der Waals surface area contributed by atoms with Gasteiger partial charge in [-0.2, -0.15) is 0 Å². The number of aryl methyl sites for hydroxylation is 6. The van der Waals surface area contributed by atoms with Gasteiger partial charge in [-0.15, -0.1) is 0 Å². The van der Waals surface area contributed by atoms with Gasteiger partial charge in [0, 0.05) is 24.2 Å². The third-order valence-corrected chi connectivity index (χ3v) is 7.61. The third kappa shape index (κ3) is 7.29. The van der Waals surface area contributed by atoms with Crippen molar-refractivity contribution < 1.29 is 19.1 Å². The molecule has 0 fully saturated rings. The number of benzene rings is 2. The Morgan fingerprint density at radius 1 is 0.800 bits per heavy atom. The fourth-order valence-corrected chi connectivity index (χ4v) is 6.09. The van der Waals surface area contributed by atoms with Gasteiger partial charge in [0.25, 0.3) is 11.8 Å². The van der Waals surface area contributed by atoms with Crippen LogP contribution in [0.1, 0.15) is 74.9 Å². The van der Waals surface area contributed by atoms with Gasteiger partial charge in [-0.3, -0.25) is 14.4 Å². The second kappa shape index (κ2) is 13.1. The maximum absolute atomic E-state index is 13.8. The van der Waals surface area contributed by atoms with Crippen LogP contribution in [0.25, 0.3) is 0 Å². The molecule has 2 atom stereocenters. The van der Waals surface area contributed by atoms with Crippen LogP contribution in [-0.4, -0.2) is 48.9 Å². The van der Waals surface area contributed by atoms with Gasteiger partial charge in [0.05, 0.1) is 12.5 Å². The van der Waals surface area contributed by atoms with Crippen LogP contribution in [0.2, 0.25) is 0 Å². The molecule has 2 amide bonds. The smallest absolute Gasteiger partial charge is 0.313 e. The monoisotopic (exact) mass is 544 g/mol. The third-order valence-electron chi connectivity index (χ3n) is 7.61. The number of hydrogen-bond donors (Lipinski definition) is 1. The molecule has 2 aromatic carbocycles. The molecule has 0 saturated carbocycles. The first-order valence-electron chi connectivity index (χ1n) is 14.1. The summed E-state index contributed by atoms with van der Waals surface area (Å²) in [7, 11) is 0. The van der Waals surface area contributed by atoms with E-state index in [1.54, 1.807) is 4.90 Å². The molecule has 6 nitrogen and oxygen atoms in total. The van der Waals surface area contributed by atoms with Crippen molar-refractivity contribution in [2.45, 2.75) is 62.3 Å². The van der Waals surface area contributed by atoms with E-state index in [1.807, 2.05) is 92.7 Å². The summed E-state index contributed by atoms with van der Waals surface area (Å²) in [4.78, 5) is 41.5. The minimum atomic E-state index is -0.324. The van der Waals surface area contributed by atoms with Crippen molar-refractivity contribution in [1.82, 2.24) is 10.2 Å². The zero-order valence-corrected chi connectivity index (χ0v) is 25.5. The lowest BCUT2D eigenvalue weighted by molar-refractivity contribution is -0.148. The van der Waals surface area contributed by atoms with E-state index in [0.29, 0.717) is 17.7 Å². The Morgan fingerprint density at radius 2 is 1.32 bits per heavy atom. The second-order valence-corrected chi connectivity index (χ2v) is 11.4. The number of carbonyl (C=O) groups excluding carboxylic acids is 3. The standard InChI is InChI=1S/C34H44N2O4/c1-20-14-23(4)29(24(5)15-20)32(37)35-10-11-36(33(38)30-25(6)16-21(2)17-26(30)7)12-13-40-34(39)31-27(8)18-22(3)19-28(31)9/h14-19,27,31H,10-13H2,1-9H3,(H,35,37). The maximum atomic E-state index is 13.8. The van der Waals surface area contributed by atoms with E-state index in [2.05, 4.69) is 11.4 Å². The van der Waals surface area contributed by atoms with E-state index in [0.717, 1.165) is 44.5 Å². The summed E-state index contributed by atoms with van der Waals surface area (Å²) in [6.07, 6.45) is 4.10. The van der Waals surface area contributed by atoms with Crippen molar-refractivity contribution in [1.29, 1.82) is 0 Å². The summed E-state index contributed by atoms with van der Waals surface area (Å²) in [5.74, 6) is -0.845. The molecule has 6 heteroatoms. The predicted octanol–water partition coefficient (Wildman–Crippen LogP) is 6.11. The highest BCUT2D eigenvalue weighted by Crippen LogP contribution is 2.29. The average molecular weight is 545 g/mol. The quantitative estimate of drug-likeness (QED) is 0.387. The highest BCUT2D eigenvalue weighted by Gasteiger charge is 2.30. The summed E-state index contributed by atoms with van der Waals surface area (Å²) >= 11 is 0. The summed E-state index contributed by atoms with van der Waals surface area (Å²) in [5.41, 5.74) is 9.30. The Morgan fingerprint density at radius 3 is 1.85 bits per heavy atom. The Kier molecular flexibility index (Phi) is 10.1. The van der Waals surface area contributed by atoms with Crippen molar-refractivity contribution in [3.8, 4) is 0 Å². The van der Waals surface area contributed by atoms with Crippen molar-refractivity contribution in [3.63, 3.8) is 0 Å². The van der Waals surface area contributed by atoms with Crippen molar-refractivity contribution in [2.75, 3.05) is 26.2 Å². The van der Waals surface area contributed by atoms with Crippen LogP contribution in [-0.2, 0) is 9.53 Å². The molecular weight excluding hydrogens is 500 g/mol. The molecule has 2 aromatic rings. The van der Waals surface area contributed by atoms with Crippen LogP contribution in [0.3, 0.4) is 0 Å². The number of rotatable bonds is 9. The van der Waals surface area contributed by atoms with E-state index in [1.165, 1.54) is 0 Å². The van der Waals surface area contributed by atoms with Gasteiger partial charge in [0.1, 0.15) is 6.61 Å². The summed E-state index contributed by atoms with van der Waals surface area (Å²) in [5, 5.41) is 2.99. The van der Waals surface area contributed by atoms with E-state index >= 15 is 0 Å². The summed E-state index contributed by atoms with van der Waals surface area (Å²) in [6, 6.07) is 7.99. The molecule has 0 bridgehead atoms. The summed E-state index contributed by atoms with van der Waals surface area (Å²) in [6.45, 7) is 18.6. The molecular formula is C34H44N2O4. The molecule has 214 valence electrons. The van der Waals surface area contributed by atoms with Crippen molar-refractivity contribution in [3.05, 3.63) is 92.1 Å². The SMILES string of the molecule is CC1=CC(C)C(C(=O)OCCN(CCNC(=O)c2c(C)cc(C)cc2C)C(=O)c2c(C)cc(C)cc2C)C(C)=C1. The first kappa shape index (κ1) is 30.9. The van der Waals surface area contributed by atoms with E-state index in [4.69, 9.17) is 4.74 Å². The minimum absolute atomic E-state index is 0.0528. The van der Waals surface area contributed by atoms with Gasteiger partial charge in [0.2, 0.25) is 0 Å². The maximum Gasteiger partial charge on any atom is 0.313 e. The lowest BCUT2D eigenvalue weighted by Gasteiger charge is -2.27.